The molecule has 2 aromatic heterocycles. The van der Waals surface area contributed by atoms with Crippen molar-refractivity contribution in [3.63, 3.8) is 0 Å². The highest BCUT2D eigenvalue weighted by molar-refractivity contribution is 7.15. The third-order valence-corrected chi connectivity index (χ3v) is 5.40. The maximum atomic E-state index is 5.51. The van der Waals surface area contributed by atoms with Gasteiger partial charge < -0.3 is 4.84 Å². The van der Waals surface area contributed by atoms with E-state index in [1.54, 1.807) is 17.6 Å². The first kappa shape index (κ1) is 16.7. The molecule has 0 fully saturated rings. The van der Waals surface area contributed by atoms with E-state index >= 15 is 0 Å². The van der Waals surface area contributed by atoms with Crippen LogP contribution in [0.1, 0.15) is 11.3 Å². The average Bonchev–Trinajstić information content (AvgIpc) is 3.34. The van der Waals surface area contributed by atoms with E-state index in [0.717, 1.165) is 27.5 Å². The van der Waals surface area contributed by atoms with Crippen LogP contribution < -0.4 is 0 Å². The molecular formula is C23H17N3OS. The summed E-state index contributed by atoms with van der Waals surface area (Å²) in [6, 6.07) is 24.8. The van der Waals surface area contributed by atoms with Gasteiger partial charge in [0.05, 0.1) is 17.6 Å². The smallest absolute Gasteiger partial charge is 0.194 e. The number of benzene rings is 3. The van der Waals surface area contributed by atoms with Gasteiger partial charge in [-0.15, -0.1) is 11.3 Å². The van der Waals surface area contributed by atoms with Gasteiger partial charge in [-0.05, 0) is 22.4 Å². The Bertz CT molecular complexity index is 1270. The summed E-state index contributed by atoms with van der Waals surface area (Å²) in [5, 5.41) is 8.64. The standard InChI is InChI=1S/C23H17N3OS/c1-2-6-17(7-3-1)16-27-24-15-21-22(25-23-26(21)12-13-28-23)20-11-10-18-8-4-5-9-19(18)14-20/h1-15H,16H2. The van der Waals surface area contributed by atoms with Crippen LogP contribution >= 0.6 is 11.3 Å². The zero-order chi connectivity index (χ0) is 18.8. The molecule has 0 aliphatic carbocycles. The summed E-state index contributed by atoms with van der Waals surface area (Å²) in [6.45, 7) is 0.439. The van der Waals surface area contributed by atoms with Crippen LogP contribution in [-0.4, -0.2) is 15.6 Å². The average molecular weight is 383 g/mol. The Hall–Kier alpha value is -3.44. The van der Waals surface area contributed by atoms with Gasteiger partial charge in [0.2, 0.25) is 0 Å². The molecule has 0 aliphatic heterocycles. The monoisotopic (exact) mass is 383 g/mol. The van der Waals surface area contributed by atoms with Crippen molar-refractivity contribution in [2.45, 2.75) is 6.61 Å². The van der Waals surface area contributed by atoms with Crippen LogP contribution in [0.2, 0.25) is 0 Å². The molecule has 136 valence electrons. The highest BCUT2D eigenvalue weighted by Gasteiger charge is 2.14. The number of hydrogen-bond acceptors (Lipinski definition) is 4. The lowest BCUT2D eigenvalue weighted by Gasteiger charge is -2.03. The number of aromatic nitrogens is 2. The summed E-state index contributed by atoms with van der Waals surface area (Å²) in [6.07, 6.45) is 3.76. The Morgan fingerprint density at radius 3 is 2.68 bits per heavy atom. The number of hydrogen-bond donors (Lipinski definition) is 0. The van der Waals surface area contributed by atoms with Crippen molar-refractivity contribution in [2.75, 3.05) is 0 Å². The maximum Gasteiger partial charge on any atom is 0.194 e. The minimum atomic E-state index is 0.439. The van der Waals surface area contributed by atoms with Crippen molar-refractivity contribution in [3.05, 3.63) is 95.6 Å². The summed E-state index contributed by atoms with van der Waals surface area (Å²) in [4.78, 5) is 11.3. The number of rotatable bonds is 5. The molecule has 28 heavy (non-hydrogen) atoms. The zero-order valence-corrected chi connectivity index (χ0v) is 15.8. The molecule has 0 N–H and O–H groups in total. The summed E-state index contributed by atoms with van der Waals surface area (Å²) >= 11 is 1.61. The number of nitrogens with zero attached hydrogens (tertiary/aromatic N) is 3. The topological polar surface area (TPSA) is 38.9 Å². The van der Waals surface area contributed by atoms with Crippen molar-refractivity contribution in [3.8, 4) is 11.3 Å². The molecule has 5 heteroatoms. The quantitative estimate of drug-likeness (QED) is 0.286. The second-order valence-electron chi connectivity index (χ2n) is 6.46. The van der Waals surface area contributed by atoms with Crippen molar-refractivity contribution >= 4 is 33.3 Å². The van der Waals surface area contributed by atoms with Crippen molar-refractivity contribution in [1.29, 1.82) is 0 Å². The lowest BCUT2D eigenvalue weighted by molar-refractivity contribution is 0.132. The van der Waals surface area contributed by atoms with E-state index in [1.165, 1.54) is 10.8 Å². The lowest BCUT2D eigenvalue weighted by Crippen LogP contribution is -1.93. The van der Waals surface area contributed by atoms with E-state index in [2.05, 4.69) is 47.6 Å². The van der Waals surface area contributed by atoms with Gasteiger partial charge in [0.1, 0.15) is 6.61 Å². The highest BCUT2D eigenvalue weighted by Crippen LogP contribution is 2.28. The minimum absolute atomic E-state index is 0.439. The molecule has 0 amide bonds. The fraction of sp³-hybridized carbons (Fsp3) is 0.0435. The number of oxime groups is 1. The molecule has 0 bridgehead atoms. The fourth-order valence-corrected chi connectivity index (χ4v) is 3.97. The van der Waals surface area contributed by atoms with Gasteiger partial charge in [0, 0.05) is 17.1 Å². The third kappa shape index (κ3) is 3.17. The largest absolute Gasteiger partial charge is 0.391 e. The number of fused-ring (bicyclic) bond motifs is 2. The van der Waals surface area contributed by atoms with Crippen LogP contribution in [0.25, 0.3) is 27.0 Å². The van der Waals surface area contributed by atoms with Gasteiger partial charge in [0.15, 0.2) is 4.96 Å². The molecule has 0 atom stereocenters. The Morgan fingerprint density at radius 1 is 0.964 bits per heavy atom. The molecule has 5 aromatic rings. The van der Waals surface area contributed by atoms with Crippen molar-refractivity contribution in [1.82, 2.24) is 9.38 Å². The predicted molar refractivity (Wildman–Crippen MR) is 115 cm³/mol. The first-order valence-electron chi connectivity index (χ1n) is 9.02. The van der Waals surface area contributed by atoms with E-state index in [0.29, 0.717) is 6.61 Å². The molecule has 0 radical (unpaired) electrons. The Kier molecular flexibility index (Phi) is 4.35. The van der Waals surface area contributed by atoms with Gasteiger partial charge in [-0.2, -0.15) is 0 Å². The predicted octanol–water partition coefficient (Wildman–Crippen LogP) is 5.77. The Labute approximate surface area is 166 Å². The molecule has 3 aromatic carbocycles. The van der Waals surface area contributed by atoms with Crippen LogP contribution in [0, 0.1) is 0 Å². The summed E-state index contributed by atoms with van der Waals surface area (Å²) in [7, 11) is 0. The summed E-state index contributed by atoms with van der Waals surface area (Å²) < 4.78 is 2.05. The highest BCUT2D eigenvalue weighted by atomic mass is 32.1. The molecule has 0 saturated carbocycles. The molecule has 5 rings (SSSR count). The maximum absolute atomic E-state index is 5.51. The van der Waals surface area contributed by atoms with E-state index in [9.17, 15) is 0 Å². The van der Waals surface area contributed by atoms with Gasteiger partial charge in [0.25, 0.3) is 0 Å². The van der Waals surface area contributed by atoms with Crippen LogP contribution in [0.3, 0.4) is 0 Å². The first-order valence-corrected chi connectivity index (χ1v) is 9.90. The Balaban J connectivity index is 1.49. The van der Waals surface area contributed by atoms with Gasteiger partial charge >= 0.3 is 0 Å². The van der Waals surface area contributed by atoms with Gasteiger partial charge in [-0.25, -0.2) is 4.98 Å². The number of imidazole rings is 1. The van der Waals surface area contributed by atoms with Gasteiger partial charge in [-0.3, -0.25) is 4.40 Å². The zero-order valence-electron chi connectivity index (χ0n) is 15.0. The van der Waals surface area contributed by atoms with Gasteiger partial charge in [-0.1, -0.05) is 71.9 Å². The first-order chi connectivity index (χ1) is 13.9. The fourth-order valence-electron chi connectivity index (χ4n) is 3.25. The molecule has 2 heterocycles. The molecule has 4 nitrogen and oxygen atoms in total. The molecule has 0 spiro atoms. The van der Waals surface area contributed by atoms with E-state index in [-0.39, 0.29) is 0 Å². The van der Waals surface area contributed by atoms with Crippen LogP contribution in [0.15, 0.2) is 89.5 Å². The van der Waals surface area contributed by atoms with Crippen LogP contribution in [0.4, 0.5) is 0 Å². The van der Waals surface area contributed by atoms with Crippen molar-refractivity contribution < 1.29 is 4.84 Å². The van der Waals surface area contributed by atoms with E-state index in [1.807, 2.05) is 46.3 Å². The lowest BCUT2D eigenvalue weighted by atomic mass is 10.0. The molecular weight excluding hydrogens is 366 g/mol. The van der Waals surface area contributed by atoms with Crippen LogP contribution in [0.5, 0.6) is 0 Å². The molecule has 0 unspecified atom stereocenters. The molecule has 0 aliphatic rings. The number of thiazole rings is 1. The van der Waals surface area contributed by atoms with E-state index < -0.39 is 0 Å². The third-order valence-electron chi connectivity index (χ3n) is 4.65. The molecule has 0 saturated heterocycles. The van der Waals surface area contributed by atoms with Crippen molar-refractivity contribution in [2.24, 2.45) is 5.16 Å². The summed E-state index contributed by atoms with van der Waals surface area (Å²) in [5.74, 6) is 0. The minimum Gasteiger partial charge on any atom is -0.391 e. The van der Waals surface area contributed by atoms with Crippen LogP contribution in [-0.2, 0) is 11.4 Å². The summed E-state index contributed by atoms with van der Waals surface area (Å²) in [5.41, 5.74) is 3.98. The Morgan fingerprint density at radius 2 is 1.79 bits per heavy atom. The SMILES string of the molecule is C(=NOCc1ccccc1)c1c(-c2ccc3ccccc3c2)nc2sccn12. The second-order valence-corrected chi connectivity index (χ2v) is 7.33. The normalized spacial score (nSPS) is 11.6. The second kappa shape index (κ2) is 7.29. The van der Waals surface area contributed by atoms with E-state index in [4.69, 9.17) is 9.82 Å².